The van der Waals surface area contributed by atoms with Gasteiger partial charge in [-0.05, 0) is 25.0 Å². The molecule has 1 aliphatic carbocycles. The van der Waals surface area contributed by atoms with Gasteiger partial charge in [-0.2, -0.15) is 0 Å². The molecule has 1 aromatic heterocycles. The lowest BCUT2D eigenvalue weighted by atomic mass is 9.82. The Balaban J connectivity index is 2.17. The van der Waals surface area contributed by atoms with E-state index in [0.29, 0.717) is 0 Å². The topological polar surface area (TPSA) is 62.2 Å². The third kappa shape index (κ3) is 3.38. The fraction of sp³-hybridized carbons (Fsp3) is 0.538. The Kier molecular flexibility index (Phi) is 4.66. The number of pyridine rings is 1. The van der Waals surface area contributed by atoms with Gasteiger partial charge in [-0.1, -0.05) is 42.5 Å². The number of amides is 1. The van der Waals surface area contributed by atoms with Gasteiger partial charge >= 0.3 is 0 Å². The number of hydrogen-bond donors (Lipinski definition) is 2. The minimum Gasteiger partial charge on any atom is -0.394 e. The lowest BCUT2D eigenvalue weighted by Gasteiger charge is -2.36. The fourth-order valence-corrected chi connectivity index (χ4v) is 2.77. The average molecular weight is 303 g/mol. The Hall–Kier alpha value is -0.840. The highest BCUT2D eigenvalue weighted by molar-refractivity contribution is 6.34. The predicted molar refractivity (Wildman–Crippen MR) is 74.6 cm³/mol. The summed E-state index contributed by atoms with van der Waals surface area (Å²) in [7, 11) is 0. The van der Waals surface area contributed by atoms with Crippen molar-refractivity contribution < 1.29 is 9.90 Å². The highest BCUT2D eigenvalue weighted by atomic mass is 35.5. The molecule has 1 fully saturated rings. The molecule has 0 saturated heterocycles. The van der Waals surface area contributed by atoms with Gasteiger partial charge < -0.3 is 10.4 Å². The zero-order valence-electron chi connectivity index (χ0n) is 10.5. The lowest BCUT2D eigenvalue weighted by molar-refractivity contribution is 0.0754. The van der Waals surface area contributed by atoms with Gasteiger partial charge in [0.15, 0.2) is 0 Å². The number of aliphatic hydroxyl groups is 1. The van der Waals surface area contributed by atoms with Crippen LogP contribution in [0.2, 0.25) is 10.2 Å². The maximum absolute atomic E-state index is 12.2. The van der Waals surface area contributed by atoms with Crippen molar-refractivity contribution in [1.82, 2.24) is 10.3 Å². The van der Waals surface area contributed by atoms with Crippen LogP contribution in [-0.2, 0) is 0 Å². The van der Waals surface area contributed by atoms with Crippen molar-refractivity contribution in [3.63, 3.8) is 0 Å². The summed E-state index contributed by atoms with van der Waals surface area (Å²) in [6.45, 7) is -0.0725. The molecule has 0 aromatic carbocycles. The van der Waals surface area contributed by atoms with Crippen molar-refractivity contribution >= 4 is 29.1 Å². The zero-order valence-corrected chi connectivity index (χ0v) is 12.0. The number of aliphatic hydroxyl groups excluding tert-OH is 1. The van der Waals surface area contributed by atoms with Gasteiger partial charge in [0.05, 0.1) is 17.2 Å². The van der Waals surface area contributed by atoms with Crippen LogP contribution in [-0.4, -0.2) is 28.1 Å². The number of aromatic nitrogens is 1. The van der Waals surface area contributed by atoms with E-state index in [1.807, 2.05) is 0 Å². The maximum Gasteiger partial charge on any atom is 0.272 e. The van der Waals surface area contributed by atoms with E-state index in [4.69, 9.17) is 23.2 Å². The van der Waals surface area contributed by atoms with E-state index in [0.717, 1.165) is 32.1 Å². The Morgan fingerprint density at radius 2 is 2.00 bits per heavy atom. The van der Waals surface area contributed by atoms with Crippen LogP contribution in [0.15, 0.2) is 12.1 Å². The molecular weight excluding hydrogens is 287 g/mol. The number of hydrogen-bond acceptors (Lipinski definition) is 3. The second-order valence-electron chi connectivity index (χ2n) is 4.92. The summed E-state index contributed by atoms with van der Waals surface area (Å²) >= 11 is 11.7. The third-order valence-electron chi connectivity index (χ3n) is 3.52. The zero-order chi connectivity index (χ0) is 13.9. The Morgan fingerprint density at radius 1 is 1.32 bits per heavy atom. The first-order chi connectivity index (χ1) is 9.06. The Labute approximate surface area is 122 Å². The van der Waals surface area contributed by atoms with Crippen LogP contribution in [0.25, 0.3) is 0 Å². The molecule has 1 heterocycles. The quantitative estimate of drug-likeness (QED) is 0.844. The monoisotopic (exact) mass is 302 g/mol. The molecule has 0 bridgehead atoms. The van der Waals surface area contributed by atoms with E-state index in [1.54, 1.807) is 0 Å². The molecule has 0 aliphatic heterocycles. The second-order valence-corrected chi connectivity index (χ2v) is 5.71. The highest BCUT2D eigenvalue weighted by Crippen LogP contribution is 2.28. The van der Waals surface area contributed by atoms with E-state index in [1.165, 1.54) is 12.1 Å². The van der Waals surface area contributed by atoms with E-state index in [-0.39, 0.29) is 28.4 Å². The molecule has 4 nitrogen and oxygen atoms in total. The molecule has 6 heteroatoms. The second kappa shape index (κ2) is 6.07. The summed E-state index contributed by atoms with van der Waals surface area (Å²) < 4.78 is 0. The van der Waals surface area contributed by atoms with Crippen molar-refractivity contribution in [2.75, 3.05) is 6.61 Å². The van der Waals surface area contributed by atoms with Crippen LogP contribution in [0.3, 0.4) is 0 Å². The van der Waals surface area contributed by atoms with Crippen molar-refractivity contribution in [1.29, 1.82) is 0 Å². The molecule has 2 N–H and O–H groups in total. The minimum atomic E-state index is -0.553. The molecule has 0 radical (unpaired) electrons. The number of rotatable bonds is 3. The fourth-order valence-electron chi connectivity index (χ4n) is 2.43. The van der Waals surface area contributed by atoms with Gasteiger partial charge in [0.1, 0.15) is 10.8 Å². The van der Waals surface area contributed by atoms with Crippen molar-refractivity contribution in [3.8, 4) is 0 Å². The lowest BCUT2D eigenvalue weighted by Crippen LogP contribution is -2.52. The molecule has 0 unspecified atom stereocenters. The van der Waals surface area contributed by atoms with Crippen LogP contribution in [0.4, 0.5) is 0 Å². The largest absolute Gasteiger partial charge is 0.394 e. The normalized spacial score (nSPS) is 18.1. The van der Waals surface area contributed by atoms with E-state index in [9.17, 15) is 9.90 Å². The summed E-state index contributed by atoms with van der Waals surface area (Å²) in [5.74, 6) is -0.386. The van der Waals surface area contributed by atoms with E-state index in [2.05, 4.69) is 10.3 Å². The summed E-state index contributed by atoms with van der Waals surface area (Å²) in [6, 6.07) is 3.07. The Bertz CT molecular complexity index is 474. The summed E-state index contributed by atoms with van der Waals surface area (Å²) in [5, 5.41) is 12.9. The van der Waals surface area contributed by atoms with Crippen LogP contribution in [0.1, 0.15) is 42.6 Å². The molecule has 19 heavy (non-hydrogen) atoms. The number of nitrogens with zero attached hydrogens (tertiary/aromatic N) is 1. The van der Waals surface area contributed by atoms with Gasteiger partial charge in [-0.25, -0.2) is 4.98 Å². The predicted octanol–water partition coefficient (Wildman–Crippen LogP) is 2.81. The van der Waals surface area contributed by atoms with Gasteiger partial charge in [0, 0.05) is 0 Å². The molecule has 0 atom stereocenters. The van der Waals surface area contributed by atoms with Crippen LogP contribution >= 0.6 is 23.2 Å². The molecule has 1 saturated carbocycles. The van der Waals surface area contributed by atoms with E-state index < -0.39 is 5.54 Å². The number of carbonyl (C=O) groups is 1. The molecular formula is C13H16Cl2N2O2. The van der Waals surface area contributed by atoms with Crippen LogP contribution < -0.4 is 5.32 Å². The van der Waals surface area contributed by atoms with Crippen molar-refractivity contribution in [3.05, 3.63) is 28.0 Å². The minimum absolute atomic E-state index is 0.0725. The summed E-state index contributed by atoms with van der Waals surface area (Å²) in [5.41, 5.74) is -0.449. The number of nitrogens with one attached hydrogen (secondary N) is 1. The average Bonchev–Trinajstić information content (AvgIpc) is 2.42. The Morgan fingerprint density at radius 3 is 2.63 bits per heavy atom. The first kappa shape index (κ1) is 14.6. The van der Waals surface area contributed by atoms with Crippen LogP contribution in [0, 0.1) is 0 Å². The molecule has 104 valence electrons. The van der Waals surface area contributed by atoms with Gasteiger partial charge in [0.2, 0.25) is 0 Å². The van der Waals surface area contributed by atoms with E-state index >= 15 is 0 Å². The summed E-state index contributed by atoms with van der Waals surface area (Å²) in [6.07, 6.45) is 4.67. The van der Waals surface area contributed by atoms with Gasteiger partial charge in [0.25, 0.3) is 5.91 Å². The van der Waals surface area contributed by atoms with Crippen molar-refractivity contribution in [2.24, 2.45) is 0 Å². The van der Waals surface area contributed by atoms with Crippen LogP contribution in [0.5, 0.6) is 0 Å². The number of halogens is 2. The molecule has 2 rings (SSSR count). The van der Waals surface area contributed by atoms with Gasteiger partial charge in [-0.3, -0.25) is 4.79 Å². The van der Waals surface area contributed by atoms with Crippen molar-refractivity contribution in [2.45, 2.75) is 37.6 Å². The molecule has 1 aromatic rings. The molecule has 0 spiro atoms. The molecule has 1 amide bonds. The molecule has 1 aliphatic rings. The maximum atomic E-state index is 12.2. The number of carbonyl (C=O) groups excluding carboxylic acids is 1. The summed E-state index contributed by atoms with van der Waals surface area (Å²) in [4.78, 5) is 16.2. The smallest absolute Gasteiger partial charge is 0.272 e. The first-order valence-corrected chi connectivity index (χ1v) is 7.07. The third-order valence-corrected chi connectivity index (χ3v) is 4.03. The SMILES string of the molecule is O=C(NC1(CO)CCCCC1)c1nc(Cl)ccc1Cl. The first-order valence-electron chi connectivity index (χ1n) is 6.32. The standard InChI is InChI=1S/C13H16Cl2N2O2/c14-9-4-5-10(15)16-11(9)12(19)17-13(8-18)6-2-1-3-7-13/h4-5,18H,1-3,6-8H2,(H,17,19). The highest BCUT2D eigenvalue weighted by Gasteiger charge is 2.33. The van der Waals surface area contributed by atoms with Gasteiger partial charge in [-0.15, -0.1) is 0 Å².